The highest BCUT2D eigenvalue weighted by molar-refractivity contribution is 7.99. The summed E-state index contributed by atoms with van der Waals surface area (Å²) in [5.74, 6) is 0.237. The van der Waals surface area contributed by atoms with E-state index in [0.717, 1.165) is 23.0 Å². The topological polar surface area (TPSA) is 98.6 Å². The number of aromatic amines is 1. The summed E-state index contributed by atoms with van der Waals surface area (Å²) < 4.78 is 0. The van der Waals surface area contributed by atoms with Gasteiger partial charge in [0.25, 0.3) is 5.56 Å². The zero-order chi connectivity index (χ0) is 18.4. The summed E-state index contributed by atoms with van der Waals surface area (Å²) >= 11 is 1.14. The lowest BCUT2D eigenvalue weighted by Gasteiger charge is -2.13. The van der Waals surface area contributed by atoms with Gasteiger partial charge in [-0.15, -0.1) is 0 Å². The molecule has 0 atom stereocenters. The molecule has 0 fully saturated rings. The first kappa shape index (κ1) is 18.7. The Labute approximate surface area is 150 Å². The predicted octanol–water partition coefficient (Wildman–Crippen LogP) is 3.06. The number of rotatable bonds is 6. The molecular weight excluding hydrogens is 336 g/mol. The van der Waals surface area contributed by atoms with Crippen molar-refractivity contribution < 1.29 is 4.79 Å². The normalized spacial score (nSPS) is 10.5. The van der Waals surface area contributed by atoms with Crippen molar-refractivity contribution in [2.45, 2.75) is 38.3 Å². The first-order valence-corrected chi connectivity index (χ1v) is 8.99. The SMILES string of the molecule is CCc1nc(SCC(=O)Nc2ccccc2C(C)C)[nH]c(=O)c1C#N. The number of nitriles is 1. The third-order valence-electron chi connectivity index (χ3n) is 3.62. The lowest BCUT2D eigenvalue weighted by atomic mass is 10.0. The van der Waals surface area contributed by atoms with E-state index >= 15 is 0 Å². The number of carbonyl (C=O) groups is 1. The number of nitrogens with one attached hydrogen (secondary N) is 2. The monoisotopic (exact) mass is 356 g/mol. The number of para-hydroxylation sites is 1. The fourth-order valence-corrected chi connectivity index (χ4v) is 3.05. The van der Waals surface area contributed by atoms with Gasteiger partial charge < -0.3 is 10.3 Å². The average molecular weight is 356 g/mol. The highest BCUT2D eigenvalue weighted by Crippen LogP contribution is 2.24. The van der Waals surface area contributed by atoms with Crippen LogP contribution in [0.3, 0.4) is 0 Å². The maximum atomic E-state index is 12.2. The minimum absolute atomic E-state index is 0.0298. The second kappa shape index (κ2) is 8.49. The van der Waals surface area contributed by atoms with Crippen molar-refractivity contribution in [1.82, 2.24) is 9.97 Å². The average Bonchev–Trinajstić information content (AvgIpc) is 2.59. The molecule has 0 aliphatic carbocycles. The summed E-state index contributed by atoms with van der Waals surface area (Å²) in [6.45, 7) is 5.96. The molecule has 0 spiro atoms. The largest absolute Gasteiger partial charge is 0.325 e. The van der Waals surface area contributed by atoms with E-state index in [0.29, 0.717) is 23.2 Å². The highest BCUT2D eigenvalue weighted by atomic mass is 32.2. The Morgan fingerprint density at radius 1 is 1.40 bits per heavy atom. The molecule has 2 aromatic rings. The molecule has 0 bridgehead atoms. The molecule has 0 radical (unpaired) electrons. The fraction of sp³-hybridized carbons (Fsp3) is 0.333. The van der Waals surface area contributed by atoms with Crippen molar-refractivity contribution in [3.05, 3.63) is 51.4 Å². The number of thioether (sulfide) groups is 1. The van der Waals surface area contributed by atoms with Crippen LogP contribution in [0.2, 0.25) is 0 Å². The Hall–Kier alpha value is -2.59. The van der Waals surface area contributed by atoms with E-state index < -0.39 is 5.56 Å². The van der Waals surface area contributed by atoms with Gasteiger partial charge in [-0.3, -0.25) is 9.59 Å². The third-order valence-corrected chi connectivity index (χ3v) is 4.49. The van der Waals surface area contributed by atoms with Gasteiger partial charge in [0.05, 0.1) is 11.4 Å². The van der Waals surface area contributed by atoms with Gasteiger partial charge in [-0.1, -0.05) is 50.7 Å². The van der Waals surface area contributed by atoms with E-state index in [9.17, 15) is 9.59 Å². The van der Waals surface area contributed by atoms with Crippen molar-refractivity contribution in [3.63, 3.8) is 0 Å². The Balaban J connectivity index is 2.08. The minimum atomic E-state index is -0.470. The summed E-state index contributed by atoms with van der Waals surface area (Å²) in [7, 11) is 0. The van der Waals surface area contributed by atoms with Crippen molar-refractivity contribution in [2.24, 2.45) is 0 Å². The molecule has 0 aliphatic heterocycles. The maximum Gasteiger partial charge on any atom is 0.269 e. The molecule has 6 nitrogen and oxygen atoms in total. The number of H-pyrrole nitrogens is 1. The summed E-state index contributed by atoms with van der Waals surface area (Å²) in [6, 6.07) is 9.54. The Morgan fingerprint density at radius 2 is 2.12 bits per heavy atom. The molecule has 1 aromatic heterocycles. The zero-order valence-electron chi connectivity index (χ0n) is 14.4. The van der Waals surface area contributed by atoms with E-state index in [1.54, 1.807) is 0 Å². The predicted molar refractivity (Wildman–Crippen MR) is 98.8 cm³/mol. The summed E-state index contributed by atoms with van der Waals surface area (Å²) in [5, 5.41) is 12.2. The number of nitrogens with zero attached hydrogens (tertiary/aromatic N) is 2. The number of benzene rings is 1. The molecule has 0 saturated heterocycles. The quantitative estimate of drug-likeness (QED) is 0.612. The van der Waals surface area contributed by atoms with Crippen LogP contribution in [0.15, 0.2) is 34.2 Å². The van der Waals surface area contributed by atoms with E-state index in [1.807, 2.05) is 37.3 Å². The van der Waals surface area contributed by atoms with Gasteiger partial charge in [0.2, 0.25) is 5.91 Å². The van der Waals surface area contributed by atoms with Crippen LogP contribution >= 0.6 is 11.8 Å². The van der Waals surface area contributed by atoms with Gasteiger partial charge in [0, 0.05) is 5.69 Å². The molecule has 0 saturated carbocycles. The summed E-state index contributed by atoms with van der Waals surface area (Å²) in [6.07, 6.45) is 0.480. The van der Waals surface area contributed by atoms with Gasteiger partial charge in [-0.05, 0) is 24.0 Å². The van der Waals surface area contributed by atoms with Crippen molar-refractivity contribution in [1.29, 1.82) is 5.26 Å². The molecular formula is C18H20N4O2S. The van der Waals surface area contributed by atoms with Gasteiger partial charge >= 0.3 is 0 Å². The molecule has 2 N–H and O–H groups in total. The van der Waals surface area contributed by atoms with E-state index in [1.165, 1.54) is 0 Å². The van der Waals surface area contributed by atoms with Gasteiger partial charge in [-0.2, -0.15) is 5.26 Å². The molecule has 0 unspecified atom stereocenters. The molecule has 1 heterocycles. The second-order valence-electron chi connectivity index (χ2n) is 5.74. The van der Waals surface area contributed by atoms with Crippen molar-refractivity contribution in [2.75, 3.05) is 11.1 Å². The third kappa shape index (κ3) is 4.70. The van der Waals surface area contributed by atoms with Crippen LogP contribution < -0.4 is 10.9 Å². The fourth-order valence-electron chi connectivity index (χ4n) is 2.37. The van der Waals surface area contributed by atoms with Crippen LogP contribution in [0.1, 0.15) is 43.5 Å². The number of amides is 1. The molecule has 7 heteroatoms. The van der Waals surface area contributed by atoms with E-state index in [2.05, 4.69) is 29.1 Å². The molecule has 130 valence electrons. The molecule has 1 aromatic carbocycles. The zero-order valence-corrected chi connectivity index (χ0v) is 15.2. The number of aromatic nitrogens is 2. The standard InChI is InChI=1S/C18H20N4O2S/c1-4-14-13(9-19)17(24)22-18(21-14)25-10-16(23)20-15-8-6-5-7-12(15)11(2)3/h5-8,11H,4,10H2,1-3H3,(H,20,23)(H,21,22,24). The van der Waals surface area contributed by atoms with Crippen LogP contribution in [-0.2, 0) is 11.2 Å². The van der Waals surface area contributed by atoms with E-state index in [-0.39, 0.29) is 17.2 Å². The molecule has 0 aliphatic rings. The Bertz CT molecular complexity index is 868. The summed E-state index contributed by atoms with van der Waals surface area (Å²) in [5.41, 5.74) is 1.86. The molecule has 25 heavy (non-hydrogen) atoms. The Morgan fingerprint density at radius 3 is 2.76 bits per heavy atom. The number of anilines is 1. The van der Waals surface area contributed by atoms with Crippen LogP contribution in [0.25, 0.3) is 0 Å². The number of aryl methyl sites for hydroxylation is 1. The Kier molecular flexibility index (Phi) is 6.37. The number of hydrogen-bond acceptors (Lipinski definition) is 5. The first-order valence-electron chi connectivity index (χ1n) is 8.01. The van der Waals surface area contributed by atoms with E-state index in [4.69, 9.17) is 5.26 Å². The van der Waals surface area contributed by atoms with Crippen LogP contribution in [0.5, 0.6) is 0 Å². The minimum Gasteiger partial charge on any atom is -0.325 e. The number of carbonyl (C=O) groups excluding carboxylic acids is 1. The lowest BCUT2D eigenvalue weighted by Crippen LogP contribution is -2.19. The number of hydrogen-bond donors (Lipinski definition) is 2. The van der Waals surface area contributed by atoms with Crippen molar-refractivity contribution in [3.8, 4) is 6.07 Å². The second-order valence-corrected chi connectivity index (χ2v) is 6.70. The lowest BCUT2D eigenvalue weighted by molar-refractivity contribution is -0.113. The van der Waals surface area contributed by atoms with Gasteiger partial charge in [0.1, 0.15) is 11.6 Å². The molecule has 1 amide bonds. The van der Waals surface area contributed by atoms with Crippen LogP contribution in [-0.4, -0.2) is 21.6 Å². The van der Waals surface area contributed by atoms with Crippen LogP contribution in [0.4, 0.5) is 5.69 Å². The van der Waals surface area contributed by atoms with Crippen LogP contribution in [0, 0.1) is 11.3 Å². The maximum absolute atomic E-state index is 12.2. The van der Waals surface area contributed by atoms with Gasteiger partial charge in [0.15, 0.2) is 5.16 Å². The van der Waals surface area contributed by atoms with Crippen molar-refractivity contribution >= 4 is 23.4 Å². The summed E-state index contributed by atoms with van der Waals surface area (Å²) in [4.78, 5) is 30.9. The van der Waals surface area contributed by atoms with Gasteiger partial charge in [-0.25, -0.2) is 4.98 Å². The molecule has 2 rings (SSSR count). The first-order chi connectivity index (χ1) is 12.0. The smallest absolute Gasteiger partial charge is 0.269 e. The highest BCUT2D eigenvalue weighted by Gasteiger charge is 2.13.